The standard InChI is InChI=1S/C16H16FN3O2/c17-13-5-3-12(4-6-13)16(22)18-7-8-20-10-19-14(9-15(20)21)11-1-2-11/h3-6,9-11H,1-2,7-8H2,(H,18,22). The van der Waals surface area contributed by atoms with Crippen LogP contribution < -0.4 is 10.9 Å². The van der Waals surface area contributed by atoms with Gasteiger partial charge in [0.1, 0.15) is 5.82 Å². The van der Waals surface area contributed by atoms with Gasteiger partial charge in [-0.25, -0.2) is 9.37 Å². The minimum Gasteiger partial charge on any atom is -0.350 e. The second kappa shape index (κ2) is 6.09. The molecule has 114 valence electrons. The Morgan fingerprint density at radius 3 is 2.68 bits per heavy atom. The summed E-state index contributed by atoms with van der Waals surface area (Å²) in [4.78, 5) is 28.0. The van der Waals surface area contributed by atoms with Crippen molar-refractivity contribution in [3.05, 3.63) is 64.1 Å². The highest BCUT2D eigenvalue weighted by molar-refractivity contribution is 5.94. The van der Waals surface area contributed by atoms with Gasteiger partial charge in [-0.3, -0.25) is 14.2 Å². The second-order valence-corrected chi connectivity index (χ2v) is 5.38. The minimum atomic E-state index is -0.384. The molecule has 22 heavy (non-hydrogen) atoms. The minimum absolute atomic E-state index is 0.104. The van der Waals surface area contributed by atoms with Crippen molar-refractivity contribution >= 4 is 5.91 Å². The van der Waals surface area contributed by atoms with Crippen LogP contribution in [-0.4, -0.2) is 22.0 Å². The number of nitrogens with one attached hydrogen (secondary N) is 1. The van der Waals surface area contributed by atoms with E-state index in [-0.39, 0.29) is 17.3 Å². The average Bonchev–Trinajstić information content (AvgIpc) is 3.34. The van der Waals surface area contributed by atoms with Gasteiger partial charge in [0.25, 0.3) is 11.5 Å². The molecule has 1 amide bonds. The van der Waals surface area contributed by atoms with Crippen molar-refractivity contribution in [1.82, 2.24) is 14.9 Å². The molecule has 3 rings (SSSR count). The van der Waals surface area contributed by atoms with E-state index in [1.807, 2.05) is 0 Å². The van der Waals surface area contributed by atoms with E-state index in [2.05, 4.69) is 10.3 Å². The topological polar surface area (TPSA) is 64.0 Å². The van der Waals surface area contributed by atoms with Crippen molar-refractivity contribution in [2.45, 2.75) is 25.3 Å². The van der Waals surface area contributed by atoms with Gasteiger partial charge in [-0.1, -0.05) is 0 Å². The van der Waals surface area contributed by atoms with Crippen LogP contribution in [0, 0.1) is 5.82 Å². The molecule has 0 aliphatic heterocycles. The van der Waals surface area contributed by atoms with E-state index < -0.39 is 0 Å². The van der Waals surface area contributed by atoms with E-state index >= 15 is 0 Å². The smallest absolute Gasteiger partial charge is 0.253 e. The van der Waals surface area contributed by atoms with E-state index in [0.717, 1.165) is 18.5 Å². The lowest BCUT2D eigenvalue weighted by Crippen LogP contribution is -2.31. The first-order valence-corrected chi connectivity index (χ1v) is 7.23. The van der Waals surface area contributed by atoms with Crippen LogP contribution in [0.5, 0.6) is 0 Å². The fourth-order valence-electron chi connectivity index (χ4n) is 2.20. The van der Waals surface area contributed by atoms with Crippen molar-refractivity contribution in [2.24, 2.45) is 0 Å². The molecular weight excluding hydrogens is 285 g/mol. The van der Waals surface area contributed by atoms with E-state index in [0.29, 0.717) is 24.6 Å². The molecule has 0 saturated heterocycles. The van der Waals surface area contributed by atoms with Crippen LogP contribution in [0.2, 0.25) is 0 Å². The van der Waals surface area contributed by atoms with Crippen molar-refractivity contribution in [3.63, 3.8) is 0 Å². The number of rotatable bonds is 5. The van der Waals surface area contributed by atoms with Crippen LogP contribution in [0.3, 0.4) is 0 Å². The highest BCUT2D eigenvalue weighted by atomic mass is 19.1. The maximum Gasteiger partial charge on any atom is 0.253 e. The molecule has 1 N–H and O–H groups in total. The Bertz CT molecular complexity index is 736. The lowest BCUT2D eigenvalue weighted by Gasteiger charge is -2.08. The fourth-order valence-corrected chi connectivity index (χ4v) is 2.20. The third kappa shape index (κ3) is 3.39. The first-order valence-electron chi connectivity index (χ1n) is 7.23. The molecule has 0 bridgehead atoms. The van der Waals surface area contributed by atoms with Gasteiger partial charge in [0.05, 0.1) is 12.0 Å². The van der Waals surface area contributed by atoms with E-state index in [1.54, 1.807) is 6.07 Å². The summed E-state index contributed by atoms with van der Waals surface area (Å²) < 4.78 is 14.3. The highest BCUT2D eigenvalue weighted by Gasteiger charge is 2.25. The number of nitrogens with zero attached hydrogens (tertiary/aromatic N) is 2. The second-order valence-electron chi connectivity index (χ2n) is 5.38. The maximum atomic E-state index is 12.8. The molecule has 1 aliphatic carbocycles. The number of hydrogen-bond acceptors (Lipinski definition) is 3. The number of amides is 1. The van der Waals surface area contributed by atoms with E-state index in [4.69, 9.17) is 0 Å². The molecule has 1 aliphatic rings. The monoisotopic (exact) mass is 301 g/mol. The quantitative estimate of drug-likeness (QED) is 0.914. The van der Waals surface area contributed by atoms with Crippen LogP contribution in [0.15, 0.2) is 41.5 Å². The third-order valence-corrected chi connectivity index (χ3v) is 3.64. The Morgan fingerprint density at radius 2 is 2.05 bits per heavy atom. The van der Waals surface area contributed by atoms with Gasteiger partial charge in [0.15, 0.2) is 0 Å². The van der Waals surface area contributed by atoms with E-state index in [1.165, 1.54) is 35.2 Å². The Kier molecular flexibility index (Phi) is 4.00. The number of hydrogen-bond donors (Lipinski definition) is 1. The average molecular weight is 301 g/mol. The van der Waals surface area contributed by atoms with Crippen molar-refractivity contribution in [1.29, 1.82) is 0 Å². The molecule has 2 aromatic rings. The van der Waals surface area contributed by atoms with Crippen LogP contribution in [0.1, 0.15) is 34.8 Å². The summed E-state index contributed by atoms with van der Waals surface area (Å²) in [7, 11) is 0. The Balaban J connectivity index is 1.55. The largest absolute Gasteiger partial charge is 0.350 e. The van der Waals surface area contributed by atoms with E-state index in [9.17, 15) is 14.0 Å². The third-order valence-electron chi connectivity index (χ3n) is 3.64. The summed E-state index contributed by atoms with van der Waals surface area (Å²) in [6.45, 7) is 0.657. The summed E-state index contributed by atoms with van der Waals surface area (Å²) in [5.74, 6) is -0.235. The van der Waals surface area contributed by atoms with Crippen molar-refractivity contribution < 1.29 is 9.18 Å². The van der Waals surface area contributed by atoms with Crippen LogP contribution >= 0.6 is 0 Å². The molecule has 1 saturated carbocycles. The Hall–Kier alpha value is -2.50. The fraction of sp³-hybridized carbons (Fsp3) is 0.312. The maximum absolute atomic E-state index is 12.8. The molecule has 0 unspecified atom stereocenters. The molecule has 5 nitrogen and oxygen atoms in total. The van der Waals surface area contributed by atoms with Gasteiger partial charge in [0, 0.05) is 30.6 Å². The zero-order chi connectivity index (χ0) is 15.5. The molecule has 0 spiro atoms. The molecule has 0 atom stereocenters. The number of benzene rings is 1. The summed E-state index contributed by atoms with van der Waals surface area (Å²) >= 11 is 0. The first kappa shape index (κ1) is 14.4. The zero-order valence-electron chi connectivity index (χ0n) is 12.0. The summed E-state index contributed by atoms with van der Waals surface area (Å²) in [6.07, 6.45) is 3.73. The van der Waals surface area contributed by atoms with Crippen LogP contribution in [0.4, 0.5) is 4.39 Å². The molecule has 1 aromatic heterocycles. The molecule has 0 radical (unpaired) electrons. The molecule has 1 aromatic carbocycles. The van der Waals surface area contributed by atoms with Crippen LogP contribution in [0.25, 0.3) is 0 Å². The molecular formula is C16H16FN3O2. The van der Waals surface area contributed by atoms with Gasteiger partial charge in [-0.2, -0.15) is 0 Å². The zero-order valence-corrected chi connectivity index (χ0v) is 12.0. The van der Waals surface area contributed by atoms with Gasteiger partial charge < -0.3 is 5.32 Å². The summed E-state index contributed by atoms with van der Waals surface area (Å²) in [5, 5.41) is 2.69. The number of halogens is 1. The predicted molar refractivity (Wildman–Crippen MR) is 79.2 cm³/mol. The van der Waals surface area contributed by atoms with Gasteiger partial charge in [-0.15, -0.1) is 0 Å². The van der Waals surface area contributed by atoms with Crippen molar-refractivity contribution in [2.75, 3.05) is 6.54 Å². The van der Waals surface area contributed by atoms with Gasteiger partial charge in [0.2, 0.25) is 0 Å². The van der Waals surface area contributed by atoms with Crippen LogP contribution in [-0.2, 0) is 6.54 Å². The normalized spacial score (nSPS) is 13.9. The van der Waals surface area contributed by atoms with Gasteiger partial charge in [-0.05, 0) is 37.1 Å². The lowest BCUT2D eigenvalue weighted by molar-refractivity contribution is 0.0952. The van der Waals surface area contributed by atoms with Gasteiger partial charge >= 0.3 is 0 Å². The number of carbonyl (C=O) groups is 1. The summed E-state index contributed by atoms with van der Waals surface area (Å²) in [6, 6.07) is 6.88. The molecule has 1 fully saturated rings. The Labute approximate surface area is 126 Å². The SMILES string of the molecule is O=C(NCCn1cnc(C2CC2)cc1=O)c1ccc(F)cc1. The Morgan fingerprint density at radius 1 is 1.32 bits per heavy atom. The van der Waals surface area contributed by atoms with Crippen molar-refractivity contribution in [3.8, 4) is 0 Å². The molecule has 6 heteroatoms. The number of aromatic nitrogens is 2. The summed E-state index contributed by atoms with van der Waals surface area (Å²) in [5.41, 5.74) is 1.14. The highest BCUT2D eigenvalue weighted by Crippen LogP contribution is 2.38. The lowest BCUT2D eigenvalue weighted by atomic mass is 10.2. The number of carbonyl (C=O) groups excluding carboxylic acids is 1. The first-order chi connectivity index (χ1) is 10.6. The molecule has 1 heterocycles. The predicted octanol–water partition coefficient (Wildman–Crippen LogP) is 1.69.